The van der Waals surface area contributed by atoms with E-state index in [1.165, 1.54) is 44.2 Å². The summed E-state index contributed by atoms with van der Waals surface area (Å²) in [5.41, 5.74) is 2.82. The van der Waals surface area contributed by atoms with Crippen LogP contribution in [0.1, 0.15) is 65.0 Å². The summed E-state index contributed by atoms with van der Waals surface area (Å²) in [5.74, 6) is 0.658. The molecule has 1 unspecified atom stereocenters. The lowest BCUT2D eigenvalue weighted by Crippen LogP contribution is -2.03. The largest absolute Gasteiger partial charge is 0.351 e. The Hall–Kier alpha value is -1.05. The number of nitrogens with zero attached hydrogens (tertiary/aromatic N) is 1. The Balaban J connectivity index is 2.61. The normalized spacial score (nSPS) is 13.8. The van der Waals surface area contributed by atoms with Gasteiger partial charge in [-0.2, -0.15) is 0 Å². The highest BCUT2D eigenvalue weighted by molar-refractivity contribution is 5.07. The third kappa shape index (κ3) is 5.52. The SMILES string of the molecule is CCCC/C(=C/C(CCC)Cc1c[nH]cn1)CC. The second-order valence-corrected chi connectivity index (χ2v) is 5.10. The Morgan fingerprint density at radius 3 is 2.72 bits per heavy atom. The summed E-state index contributed by atoms with van der Waals surface area (Å²) in [7, 11) is 0. The van der Waals surface area contributed by atoms with Crippen LogP contribution in [0.5, 0.6) is 0 Å². The molecule has 2 nitrogen and oxygen atoms in total. The minimum absolute atomic E-state index is 0.658. The second-order valence-electron chi connectivity index (χ2n) is 5.10. The minimum atomic E-state index is 0.658. The zero-order valence-electron chi connectivity index (χ0n) is 12.2. The highest BCUT2D eigenvalue weighted by Crippen LogP contribution is 2.20. The van der Waals surface area contributed by atoms with Crippen LogP contribution in [0, 0.1) is 5.92 Å². The van der Waals surface area contributed by atoms with Crippen LogP contribution < -0.4 is 0 Å². The predicted octanol–water partition coefficient (Wildman–Crippen LogP) is 4.90. The van der Waals surface area contributed by atoms with Crippen molar-refractivity contribution in [2.45, 2.75) is 65.7 Å². The molecule has 0 saturated carbocycles. The van der Waals surface area contributed by atoms with Gasteiger partial charge in [-0.1, -0.05) is 45.3 Å². The number of aromatic nitrogens is 2. The first-order valence-corrected chi connectivity index (χ1v) is 7.47. The molecule has 0 radical (unpaired) electrons. The van der Waals surface area contributed by atoms with Crippen molar-refractivity contribution in [1.82, 2.24) is 9.97 Å². The predicted molar refractivity (Wildman–Crippen MR) is 78.6 cm³/mol. The van der Waals surface area contributed by atoms with Crippen LogP contribution in [-0.4, -0.2) is 9.97 Å². The maximum atomic E-state index is 4.35. The van der Waals surface area contributed by atoms with Crippen LogP contribution in [0.25, 0.3) is 0 Å². The molecule has 2 heteroatoms. The van der Waals surface area contributed by atoms with Crippen LogP contribution in [-0.2, 0) is 6.42 Å². The molecule has 1 aromatic rings. The molecule has 18 heavy (non-hydrogen) atoms. The van der Waals surface area contributed by atoms with Gasteiger partial charge in [-0.05, 0) is 38.0 Å². The molecule has 1 rings (SSSR count). The summed E-state index contributed by atoms with van der Waals surface area (Å²) in [6, 6.07) is 0. The van der Waals surface area contributed by atoms with E-state index in [0.717, 1.165) is 6.42 Å². The van der Waals surface area contributed by atoms with Crippen LogP contribution in [0.2, 0.25) is 0 Å². The van der Waals surface area contributed by atoms with Gasteiger partial charge in [0.15, 0.2) is 0 Å². The molecule has 0 bridgehead atoms. The number of unbranched alkanes of at least 4 members (excludes halogenated alkanes) is 1. The molecule has 0 fully saturated rings. The van der Waals surface area contributed by atoms with Crippen molar-refractivity contribution in [3.63, 3.8) is 0 Å². The van der Waals surface area contributed by atoms with Crippen molar-refractivity contribution in [2.24, 2.45) is 5.92 Å². The Kier molecular flexibility index (Phi) is 7.47. The van der Waals surface area contributed by atoms with E-state index >= 15 is 0 Å². The number of hydrogen-bond acceptors (Lipinski definition) is 1. The molecule has 0 saturated heterocycles. The third-order valence-electron chi connectivity index (χ3n) is 3.46. The molecule has 0 aliphatic carbocycles. The van der Waals surface area contributed by atoms with Crippen molar-refractivity contribution in [1.29, 1.82) is 0 Å². The Bertz CT molecular complexity index is 325. The molecule has 102 valence electrons. The highest BCUT2D eigenvalue weighted by Gasteiger charge is 2.08. The van der Waals surface area contributed by atoms with E-state index < -0.39 is 0 Å². The number of hydrogen-bond donors (Lipinski definition) is 1. The first-order chi connectivity index (χ1) is 8.80. The standard InChI is InChI=1S/C16H28N2/c1-4-7-9-14(6-3)10-15(8-5-2)11-16-12-17-13-18-16/h10,12-13,15H,4-9,11H2,1-3H3,(H,17,18)/b14-10+. The van der Waals surface area contributed by atoms with Gasteiger partial charge < -0.3 is 4.98 Å². The molecular weight excluding hydrogens is 220 g/mol. The van der Waals surface area contributed by atoms with Gasteiger partial charge in [-0.25, -0.2) is 4.98 Å². The summed E-state index contributed by atoms with van der Waals surface area (Å²) >= 11 is 0. The lowest BCUT2D eigenvalue weighted by molar-refractivity contribution is 0.563. The molecule has 0 aliphatic rings. The van der Waals surface area contributed by atoms with Crippen molar-refractivity contribution < 1.29 is 0 Å². The van der Waals surface area contributed by atoms with Gasteiger partial charge in [0.1, 0.15) is 0 Å². The number of imidazole rings is 1. The van der Waals surface area contributed by atoms with Crippen LogP contribution in [0.15, 0.2) is 24.2 Å². The topological polar surface area (TPSA) is 28.7 Å². The highest BCUT2D eigenvalue weighted by atomic mass is 14.9. The zero-order valence-corrected chi connectivity index (χ0v) is 12.2. The number of nitrogens with one attached hydrogen (secondary N) is 1. The van der Waals surface area contributed by atoms with Gasteiger partial charge in [0.2, 0.25) is 0 Å². The van der Waals surface area contributed by atoms with Crippen LogP contribution in [0.3, 0.4) is 0 Å². The fourth-order valence-electron chi connectivity index (χ4n) is 2.40. The summed E-state index contributed by atoms with van der Waals surface area (Å²) in [4.78, 5) is 7.40. The second kappa shape index (κ2) is 8.96. The molecule has 1 atom stereocenters. The summed E-state index contributed by atoms with van der Waals surface area (Å²) < 4.78 is 0. The van der Waals surface area contributed by atoms with Crippen molar-refractivity contribution >= 4 is 0 Å². The number of aromatic amines is 1. The average molecular weight is 248 g/mol. The smallest absolute Gasteiger partial charge is 0.0923 e. The summed E-state index contributed by atoms with van der Waals surface area (Å²) in [6.45, 7) is 6.81. The van der Waals surface area contributed by atoms with E-state index in [2.05, 4.69) is 36.8 Å². The van der Waals surface area contributed by atoms with Gasteiger partial charge in [0, 0.05) is 6.20 Å². The number of H-pyrrole nitrogens is 1. The third-order valence-corrected chi connectivity index (χ3v) is 3.46. The monoisotopic (exact) mass is 248 g/mol. The minimum Gasteiger partial charge on any atom is -0.351 e. The van der Waals surface area contributed by atoms with E-state index in [-0.39, 0.29) is 0 Å². The summed E-state index contributed by atoms with van der Waals surface area (Å²) in [6.07, 6.45) is 15.0. The lowest BCUT2D eigenvalue weighted by atomic mass is 9.93. The number of allylic oxidation sites excluding steroid dienone is 2. The van der Waals surface area contributed by atoms with E-state index in [1.807, 2.05) is 6.20 Å². The van der Waals surface area contributed by atoms with Crippen molar-refractivity contribution in [2.75, 3.05) is 0 Å². The molecule has 0 amide bonds. The van der Waals surface area contributed by atoms with Gasteiger partial charge >= 0.3 is 0 Å². The molecule has 0 spiro atoms. The van der Waals surface area contributed by atoms with Gasteiger partial charge in [-0.3, -0.25) is 0 Å². The first-order valence-electron chi connectivity index (χ1n) is 7.47. The molecule has 0 aromatic carbocycles. The van der Waals surface area contributed by atoms with Crippen molar-refractivity contribution in [3.8, 4) is 0 Å². The van der Waals surface area contributed by atoms with Crippen LogP contribution >= 0.6 is 0 Å². The van der Waals surface area contributed by atoms with E-state index in [0.29, 0.717) is 5.92 Å². The van der Waals surface area contributed by atoms with Crippen LogP contribution in [0.4, 0.5) is 0 Å². The maximum Gasteiger partial charge on any atom is 0.0923 e. The molecule has 1 aromatic heterocycles. The maximum absolute atomic E-state index is 4.35. The molecule has 1 N–H and O–H groups in total. The Labute approximate surface area is 112 Å². The quantitative estimate of drug-likeness (QED) is 0.619. The van der Waals surface area contributed by atoms with Crippen molar-refractivity contribution in [3.05, 3.63) is 29.9 Å². The van der Waals surface area contributed by atoms with E-state index in [1.54, 1.807) is 11.9 Å². The fourth-order valence-corrected chi connectivity index (χ4v) is 2.40. The average Bonchev–Trinajstić information content (AvgIpc) is 2.87. The number of rotatable bonds is 9. The van der Waals surface area contributed by atoms with E-state index in [9.17, 15) is 0 Å². The van der Waals surface area contributed by atoms with Gasteiger partial charge in [0.05, 0.1) is 12.0 Å². The van der Waals surface area contributed by atoms with Gasteiger partial charge in [0.25, 0.3) is 0 Å². The zero-order chi connectivity index (χ0) is 13.2. The first kappa shape index (κ1) is 15.0. The van der Waals surface area contributed by atoms with E-state index in [4.69, 9.17) is 0 Å². The Morgan fingerprint density at radius 2 is 2.17 bits per heavy atom. The fraction of sp³-hybridized carbons (Fsp3) is 0.688. The molecular formula is C16H28N2. The summed E-state index contributed by atoms with van der Waals surface area (Å²) in [5, 5.41) is 0. The molecule has 0 aliphatic heterocycles. The Morgan fingerprint density at radius 1 is 1.33 bits per heavy atom. The van der Waals surface area contributed by atoms with Gasteiger partial charge in [-0.15, -0.1) is 0 Å². The lowest BCUT2D eigenvalue weighted by Gasteiger charge is -2.13. The molecule has 1 heterocycles.